The highest BCUT2D eigenvalue weighted by Crippen LogP contribution is 2.28. The van der Waals surface area contributed by atoms with Crippen molar-refractivity contribution in [2.45, 2.75) is 25.7 Å². The van der Waals surface area contributed by atoms with Crippen molar-refractivity contribution in [3.8, 4) is 0 Å². The first-order chi connectivity index (χ1) is 4.97. The van der Waals surface area contributed by atoms with Gasteiger partial charge >= 0.3 is 0 Å². The third kappa shape index (κ3) is 0.962. The molecule has 54 valence electrons. The Hall–Kier alpha value is -0.720. The van der Waals surface area contributed by atoms with Crippen LogP contribution in [0.3, 0.4) is 0 Å². The van der Waals surface area contributed by atoms with Crippen LogP contribution >= 0.6 is 0 Å². The summed E-state index contributed by atoms with van der Waals surface area (Å²) < 4.78 is 5.17. The topological polar surface area (TPSA) is 9.23 Å². The summed E-state index contributed by atoms with van der Waals surface area (Å²) in [5.74, 6) is 0. The standard InChI is InChI=1S/C9H12O/c1-2-4-8(3-1)9-5-6-10-7-9/h3,7H,1-2,4-6H2. The maximum Gasteiger partial charge on any atom is 0.0915 e. The zero-order valence-electron chi connectivity index (χ0n) is 6.10. The first-order valence-corrected chi connectivity index (χ1v) is 3.97. The normalized spacial score (nSPS) is 24.0. The predicted octanol–water partition coefficient (Wildman–Crippen LogP) is 2.40. The van der Waals surface area contributed by atoms with Gasteiger partial charge in [0.2, 0.25) is 0 Å². The molecular formula is C9H12O. The van der Waals surface area contributed by atoms with Gasteiger partial charge in [0, 0.05) is 6.42 Å². The maximum atomic E-state index is 5.17. The van der Waals surface area contributed by atoms with E-state index in [4.69, 9.17) is 4.74 Å². The quantitative estimate of drug-likeness (QED) is 0.538. The van der Waals surface area contributed by atoms with Crippen molar-refractivity contribution in [3.05, 3.63) is 23.5 Å². The predicted molar refractivity (Wildman–Crippen MR) is 40.6 cm³/mol. The summed E-state index contributed by atoms with van der Waals surface area (Å²) in [6.07, 6.45) is 9.29. The van der Waals surface area contributed by atoms with Gasteiger partial charge < -0.3 is 4.74 Å². The Kier molecular flexibility index (Phi) is 1.50. The molecule has 0 N–H and O–H groups in total. The van der Waals surface area contributed by atoms with Crippen molar-refractivity contribution in [2.75, 3.05) is 6.61 Å². The highest BCUT2D eigenvalue weighted by molar-refractivity contribution is 5.33. The van der Waals surface area contributed by atoms with Crippen LogP contribution in [0.15, 0.2) is 23.5 Å². The van der Waals surface area contributed by atoms with E-state index in [1.807, 2.05) is 6.26 Å². The van der Waals surface area contributed by atoms with E-state index in [0.717, 1.165) is 13.0 Å². The van der Waals surface area contributed by atoms with Crippen LogP contribution in [0, 0.1) is 0 Å². The lowest BCUT2D eigenvalue weighted by molar-refractivity contribution is 0.281. The van der Waals surface area contributed by atoms with Crippen molar-refractivity contribution in [2.24, 2.45) is 0 Å². The van der Waals surface area contributed by atoms with Crippen LogP contribution in [0.25, 0.3) is 0 Å². The second-order valence-electron chi connectivity index (χ2n) is 2.89. The summed E-state index contributed by atoms with van der Waals surface area (Å²) in [5, 5.41) is 0. The molecule has 0 saturated carbocycles. The molecule has 0 aromatic heterocycles. The van der Waals surface area contributed by atoms with Gasteiger partial charge in [0.15, 0.2) is 0 Å². The minimum absolute atomic E-state index is 0.896. The molecule has 0 atom stereocenters. The summed E-state index contributed by atoms with van der Waals surface area (Å²) in [4.78, 5) is 0. The van der Waals surface area contributed by atoms with Crippen molar-refractivity contribution in [3.63, 3.8) is 0 Å². The summed E-state index contributed by atoms with van der Waals surface area (Å²) in [6.45, 7) is 0.896. The summed E-state index contributed by atoms with van der Waals surface area (Å²) in [5.41, 5.74) is 2.98. The number of hydrogen-bond acceptors (Lipinski definition) is 1. The highest BCUT2D eigenvalue weighted by atomic mass is 16.5. The Morgan fingerprint density at radius 1 is 1.20 bits per heavy atom. The monoisotopic (exact) mass is 136 g/mol. The zero-order chi connectivity index (χ0) is 6.81. The molecule has 0 aromatic rings. The largest absolute Gasteiger partial charge is 0.501 e. The van der Waals surface area contributed by atoms with Crippen molar-refractivity contribution in [1.29, 1.82) is 0 Å². The molecule has 0 bridgehead atoms. The van der Waals surface area contributed by atoms with Crippen molar-refractivity contribution in [1.82, 2.24) is 0 Å². The Bertz CT molecular complexity index is 167. The Labute approximate surface area is 61.4 Å². The molecule has 1 aliphatic heterocycles. The second-order valence-corrected chi connectivity index (χ2v) is 2.89. The van der Waals surface area contributed by atoms with E-state index in [9.17, 15) is 0 Å². The highest BCUT2D eigenvalue weighted by Gasteiger charge is 2.13. The second kappa shape index (κ2) is 2.49. The fraction of sp³-hybridized carbons (Fsp3) is 0.556. The van der Waals surface area contributed by atoms with E-state index in [1.54, 1.807) is 0 Å². The molecule has 2 aliphatic rings. The molecule has 10 heavy (non-hydrogen) atoms. The molecule has 1 aliphatic carbocycles. The van der Waals surface area contributed by atoms with E-state index in [2.05, 4.69) is 6.08 Å². The summed E-state index contributed by atoms with van der Waals surface area (Å²) in [7, 11) is 0. The Balaban J connectivity index is 2.10. The van der Waals surface area contributed by atoms with Crippen LogP contribution in [-0.4, -0.2) is 6.61 Å². The molecule has 0 amide bonds. The molecule has 0 aromatic carbocycles. The average molecular weight is 136 g/mol. The Morgan fingerprint density at radius 2 is 2.20 bits per heavy atom. The lowest BCUT2D eigenvalue weighted by Crippen LogP contribution is -1.82. The third-order valence-electron chi connectivity index (χ3n) is 2.17. The van der Waals surface area contributed by atoms with Gasteiger partial charge in [-0.3, -0.25) is 0 Å². The molecule has 1 heteroatoms. The van der Waals surface area contributed by atoms with Gasteiger partial charge in [0.05, 0.1) is 12.9 Å². The molecule has 0 radical (unpaired) electrons. The van der Waals surface area contributed by atoms with E-state index in [0.29, 0.717) is 0 Å². The first-order valence-electron chi connectivity index (χ1n) is 3.97. The van der Waals surface area contributed by atoms with Gasteiger partial charge in [0.25, 0.3) is 0 Å². The van der Waals surface area contributed by atoms with E-state index < -0.39 is 0 Å². The van der Waals surface area contributed by atoms with Gasteiger partial charge in [-0.25, -0.2) is 0 Å². The molecule has 1 nitrogen and oxygen atoms in total. The molecule has 2 rings (SSSR count). The SMILES string of the molecule is C1=C(C2=COCC2)CCC1. The number of rotatable bonds is 1. The average Bonchev–Trinajstić information content (AvgIpc) is 2.59. The zero-order valence-corrected chi connectivity index (χ0v) is 6.10. The van der Waals surface area contributed by atoms with Crippen molar-refractivity contribution < 1.29 is 4.74 Å². The first kappa shape index (κ1) is 6.02. The molecule has 0 saturated heterocycles. The smallest absolute Gasteiger partial charge is 0.0915 e. The minimum atomic E-state index is 0.896. The molecular weight excluding hydrogens is 124 g/mol. The van der Waals surface area contributed by atoms with Crippen LogP contribution in [0.5, 0.6) is 0 Å². The van der Waals surface area contributed by atoms with Crippen LogP contribution in [0.4, 0.5) is 0 Å². The van der Waals surface area contributed by atoms with Gasteiger partial charge in [-0.15, -0.1) is 0 Å². The van der Waals surface area contributed by atoms with Gasteiger partial charge in [-0.2, -0.15) is 0 Å². The van der Waals surface area contributed by atoms with Crippen LogP contribution in [0.1, 0.15) is 25.7 Å². The van der Waals surface area contributed by atoms with Crippen LogP contribution in [0.2, 0.25) is 0 Å². The molecule has 1 heterocycles. The third-order valence-corrected chi connectivity index (χ3v) is 2.17. The maximum absolute atomic E-state index is 5.17. The molecule has 0 spiro atoms. The van der Waals surface area contributed by atoms with E-state index >= 15 is 0 Å². The Morgan fingerprint density at radius 3 is 2.80 bits per heavy atom. The van der Waals surface area contributed by atoms with Crippen LogP contribution < -0.4 is 0 Å². The van der Waals surface area contributed by atoms with Gasteiger partial charge in [-0.05, 0) is 30.4 Å². The molecule has 0 unspecified atom stereocenters. The fourth-order valence-corrected chi connectivity index (χ4v) is 1.59. The minimum Gasteiger partial charge on any atom is -0.501 e. The number of hydrogen-bond donors (Lipinski definition) is 0. The van der Waals surface area contributed by atoms with E-state index in [-0.39, 0.29) is 0 Å². The lowest BCUT2D eigenvalue weighted by atomic mass is 10.1. The lowest BCUT2D eigenvalue weighted by Gasteiger charge is -1.97. The van der Waals surface area contributed by atoms with E-state index in [1.165, 1.54) is 30.4 Å². The molecule has 0 fully saturated rings. The van der Waals surface area contributed by atoms with Crippen molar-refractivity contribution >= 4 is 0 Å². The fourth-order valence-electron chi connectivity index (χ4n) is 1.59. The van der Waals surface area contributed by atoms with Gasteiger partial charge in [0.1, 0.15) is 0 Å². The summed E-state index contributed by atoms with van der Waals surface area (Å²) >= 11 is 0. The number of ether oxygens (including phenoxy) is 1. The number of allylic oxidation sites excluding steroid dienone is 2. The van der Waals surface area contributed by atoms with Crippen LogP contribution in [-0.2, 0) is 4.74 Å². The summed E-state index contributed by atoms with van der Waals surface area (Å²) in [6, 6.07) is 0. The van der Waals surface area contributed by atoms with Gasteiger partial charge in [-0.1, -0.05) is 6.08 Å².